The molecule has 0 amide bonds. The van der Waals surface area contributed by atoms with Crippen molar-refractivity contribution < 1.29 is 208 Å². The Bertz CT molecular complexity index is 2380. The van der Waals surface area contributed by atoms with E-state index in [0.29, 0.717) is 11.0 Å². The Morgan fingerprint density at radius 3 is 1.48 bits per heavy atom. The standard InChI is InChI=1S/C23H34N10O19P4S2.4Na/c1-25-17-11-19(31-23(29-17)58-3)33(7-27-11)21-15(37)13(35)9(49-21)5-47-54(40,41)51-56(44,45)52-55(42,43)50-53(38,39)46-4-8-12(34)14(36)20(48-8)32-6-26-10-16(24)28-22(57-2)30-18(10)32;;;;/h6-9,12-15,20-21,34-37H,4-5H2,1-3H3,(H,38,39)(H,40,41)(H,42,43)(H,44,45)(H2,24,28,30)(H,25,29,31);;;;/q;4*+1/p-4/t8-,9-,12-,13-,14-,15-,20-,21-;;;;/m1..../s1. The topological polar surface area (TPSA) is 431 Å². The molecule has 2 saturated heterocycles. The molecule has 0 spiro atoms. The van der Waals surface area contributed by atoms with Crippen molar-refractivity contribution >= 4 is 88.8 Å². The molecule has 0 bridgehead atoms. The quantitative estimate of drug-likeness (QED) is 0.0247. The number of imidazole rings is 2. The molecule has 6 heterocycles. The van der Waals surface area contributed by atoms with E-state index in [-0.39, 0.29) is 152 Å². The minimum absolute atomic E-state index is 0. The van der Waals surface area contributed by atoms with E-state index in [0.717, 1.165) is 22.7 Å². The van der Waals surface area contributed by atoms with Crippen molar-refractivity contribution in [1.29, 1.82) is 0 Å². The van der Waals surface area contributed by atoms with Gasteiger partial charge in [-0.3, -0.25) is 27.4 Å². The number of nitrogens with zero attached hydrogens (tertiary/aromatic N) is 8. The number of thioether (sulfide) groups is 2. The van der Waals surface area contributed by atoms with Gasteiger partial charge in [0.25, 0.3) is 31.3 Å². The molecule has 0 radical (unpaired) electrons. The van der Waals surface area contributed by atoms with Crippen LogP contribution in [0.15, 0.2) is 23.0 Å². The Kier molecular flexibility index (Phi) is 23.2. The van der Waals surface area contributed by atoms with Crippen LogP contribution in [0.4, 0.5) is 11.6 Å². The summed E-state index contributed by atoms with van der Waals surface area (Å²) in [5.41, 5.74) is 6.44. The number of nitrogens with two attached hydrogens (primary N) is 1. The molecule has 29 nitrogen and oxygen atoms in total. The van der Waals surface area contributed by atoms with Crippen LogP contribution in [-0.2, 0) is 49.7 Å². The SMILES string of the molecule is CNc1nc(SC)nc2c1ncn2[C@@H]1O[C@H](COP(=O)([O-])OP(=O)([O-])OP(=O)([O-])OP(=O)([O-])OC[C@H]2O[C@@H](n3cnc4c(N)nc(SC)nc43)[C@H](O)[C@@H]2O)[C@@H](O)[C@H]1O.[Na+].[Na+].[Na+].[Na+]. The Morgan fingerprint density at radius 1 is 0.677 bits per heavy atom. The number of aliphatic hydroxyl groups is 4. The van der Waals surface area contributed by atoms with Crippen molar-refractivity contribution in [3.8, 4) is 0 Å². The fourth-order valence-electron chi connectivity index (χ4n) is 5.51. The number of aliphatic hydroxyl groups excluding tert-OH is 4. The van der Waals surface area contributed by atoms with Gasteiger partial charge in [-0.2, -0.15) is 0 Å². The maximum absolute atomic E-state index is 12.4. The first-order chi connectivity index (χ1) is 27.1. The Labute approximate surface area is 446 Å². The fraction of sp³-hybridized carbons (Fsp3) is 0.565. The van der Waals surface area contributed by atoms with Gasteiger partial charge in [0.15, 0.2) is 51.2 Å². The van der Waals surface area contributed by atoms with E-state index < -0.39 is 93.6 Å². The largest absolute Gasteiger partial charge is 1.00 e. The summed E-state index contributed by atoms with van der Waals surface area (Å²) < 4.78 is 82.3. The Morgan fingerprint density at radius 2 is 1.06 bits per heavy atom. The number of nitrogens with one attached hydrogen (secondary N) is 1. The van der Waals surface area contributed by atoms with Crippen molar-refractivity contribution in [3.05, 3.63) is 12.7 Å². The second-order valence-electron chi connectivity index (χ2n) is 11.8. The molecule has 0 aliphatic carbocycles. The first-order valence-corrected chi connectivity index (χ1v) is 24.1. The number of ether oxygens (including phenoxy) is 2. The molecule has 2 aliphatic heterocycles. The average molecular weight is 1030 g/mol. The van der Waals surface area contributed by atoms with E-state index in [1.807, 2.05) is 0 Å². The van der Waals surface area contributed by atoms with Crippen LogP contribution in [0, 0.1) is 0 Å². The van der Waals surface area contributed by atoms with Gasteiger partial charge in [-0.1, -0.05) is 23.5 Å². The van der Waals surface area contributed by atoms with Crippen molar-refractivity contribution in [3.63, 3.8) is 0 Å². The van der Waals surface area contributed by atoms with Crippen LogP contribution in [0.3, 0.4) is 0 Å². The molecule has 0 saturated carbocycles. The number of fused-ring (bicyclic) bond motifs is 2. The van der Waals surface area contributed by atoms with E-state index >= 15 is 0 Å². The van der Waals surface area contributed by atoms with Gasteiger partial charge in [0.05, 0.1) is 25.9 Å². The van der Waals surface area contributed by atoms with E-state index in [4.69, 9.17) is 15.2 Å². The predicted octanol–water partition coefficient (Wildman–Crippen LogP) is -15.1. The third-order valence-corrected chi connectivity index (χ3v) is 14.9. The molecule has 2 fully saturated rings. The van der Waals surface area contributed by atoms with E-state index in [9.17, 15) is 58.3 Å². The maximum atomic E-state index is 12.4. The third-order valence-electron chi connectivity index (χ3n) is 8.05. The van der Waals surface area contributed by atoms with Crippen LogP contribution in [0.1, 0.15) is 12.5 Å². The summed E-state index contributed by atoms with van der Waals surface area (Å²) in [5, 5.41) is 45.6. The second-order valence-corrected chi connectivity index (χ2v) is 19.4. The smallest absolute Gasteiger partial charge is 0.756 e. The van der Waals surface area contributed by atoms with Crippen molar-refractivity contribution in [2.24, 2.45) is 0 Å². The molecule has 7 N–H and O–H groups in total. The van der Waals surface area contributed by atoms with E-state index in [1.165, 1.54) is 22.7 Å². The van der Waals surface area contributed by atoms with Gasteiger partial charge < -0.3 is 69.6 Å². The molecule has 0 aromatic carbocycles. The normalized spacial score (nSPS) is 27.4. The minimum atomic E-state index is -6.61. The van der Waals surface area contributed by atoms with Gasteiger partial charge in [-0.25, -0.2) is 42.8 Å². The molecule has 2 aliphatic rings. The molecular weight excluding hydrogens is 1000 g/mol. The molecule has 12 atom stereocenters. The van der Waals surface area contributed by atoms with Crippen LogP contribution < -0.4 is 149 Å². The summed E-state index contributed by atoms with van der Waals surface area (Å²) in [6.45, 7) is -2.44. The minimum Gasteiger partial charge on any atom is -0.756 e. The number of rotatable bonds is 17. The van der Waals surface area contributed by atoms with Gasteiger partial charge in [-0.15, -0.1) is 0 Å². The number of hydrogen-bond acceptors (Lipinski definition) is 29. The van der Waals surface area contributed by atoms with E-state index in [1.54, 1.807) is 19.6 Å². The number of aromatic nitrogens is 8. The number of nitrogen functional groups attached to an aromatic ring is 1. The first kappa shape index (κ1) is 59.8. The molecule has 4 aromatic heterocycles. The van der Waals surface area contributed by atoms with Gasteiger partial charge >= 0.3 is 118 Å². The van der Waals surface area contributed by atoms with Crippen molar-refractivity contribution in [2.75, 3.05) is 43.8 Å². The number of phosphoric acid groups is 4. The second kappa shape index (κ2) is 24.0. The zero-order valence-corrected chi connectivity index (χ0v) is 46.6. The summed E-state index contributed by atoms with van der Waals surface area (Å²) in [6.07, 6.45) is -7.85. The first-order valence-electron chi connectivity index (χ1n) is 15.8. The van der Waals surface area contributed by atoms with Gasteiger partial charge in [0, 0.05) is 7.05 Å². The van der Waals surface area contributed by atoms with Crippen molar-refractivity contribution in [2.45, 2.75) is 59.4 Å². The molecule has 4 aromatic rings. The molecule has 62 heavy (non-hydrogen) atoms. The maximum Gasteiger partial charge on any atom is 1.00 e. The monoisotopic (exact) mass is 1030 g/mol. The predicted molar refractivity (Wildman–Crippen MR) is 186 cm³/mol. The van der Waals surface area contributed by atoms with Crippen LogP contribution in [-0.4, -0.2) is 129 Å². The van der Waals surface area contributed by atoms with Crippen LogP contribution in [0.5, 0.6) is 0 Å². The van der Waals surface area contributed by atoms with Crippen LogP contribution in [0.25, 0.3) is 22.3 Å². The molecule has 6 rings (SSSR count). The van der Waals surface area contributed by atoms with Crippen molar-refractivity contribution in [1.82, 2.24) is 39.0 Å². The van der Waals surface area contributed by atoms with E-state index in [2.05, 4.69) is 57.2 Å². The summed E-state index contributed by atoms with van der Waals surface area (Å²) in [7, 11) is -23.9. The fourth-order valence-corrected chi connectivity index (χ4v) is 11.0. The molecule has 322 valence electrons. The summed E-state index contributed by atoms with van der Waals surface area (Å²) in [5.74, 6) is 0.293. The van der Waals surface area contributed by atoms with Gasteiger partial charge in [-0.05, 0) is 12.5 Å². The average Bonchev–Trinajstić information content (AvgIpc) is 3.89. The van der Waals surface area contributed by atoms with Gasteiger partial charge in [0.2, 0.25) is 0 Å². The Hall–Kier alpha value is 1.72. The Balaban J connectivity index is 0.00000331. The summed E-state index contributed by atoms with van der Waals surface area (Å²) >= 11 is 2.30. The summed E-state index contributed by atoms with van der Waals surface area (Å²) in [4.78, 5) is 74.2. The summed E-state index contributed by atoms with van der Waals surface area (Å²) in [6, 6.07) is 0. The zero-order chi connectivity index (χ0) is 42.5. The number of anilines is 2. The zero-order valence-electron chi connectivity index (χ0n) is 33.4. The number of phosphoric ester groups is 2. The third kappa shape index (κ3) is 13.9. The molecule has 4 unspecified atom stereocenters. The van der Waals surface area contributed by atoms with Gasteiger partial charge in [0.1, 0.15) is 42.1 Å². The van der Waals surface area contributed by atoms with Crippen LogP contribution >= 0.6 is 54.8 Å². The number of hydrogen-bond donors (Lipinski definition) is 6. The van der Waals surface area contributed by atoms with Crippen LogP contribution in [0.2, 0.25) is 0 Å². The molecule has 39 heteroatoms. The molecular formula is C23H30N10Na4O19P4S2.